The van der Waals surface area contributed by atoms with E-state index in [-0.39, 0.29) is 0 Å². The second-order valence-corrected chi connectivity index (χ2v) is 18.0. The van der Waals surface area contributed by atoms with E-state index < -0.39 is 0 Å². The van der Waals surface area contributed by atoms with Crippen molar-refractivity contribution in [1.29, 1.82) is 0 Å². The van der Waals surface area contributed by atoms with E-state index in [1.807, 2.05) is 72.8 Å². The van der Waals surface area contributed by atoms with Crippen molar-refractivity contribution < 1.29 is 8.83 Å². The molecule has 0 amide bonds. The topological polar surface area (TPSA) is 74.8 Å². The lowest BCUT2D eigenvalue weighted by molar-refractivity contribution is 0.669. The van der Waals surface area contributed by atoms with E-state index in [1.54, 1.807) is 0 Å². The summed E-state index contributed by atoms with van der Waals surface area (Å²) in [5.41, 5.74) is 15.0. The van der Waals surface area contributed by atoms with Crippen molar-refractivity contribution in [3.8, 4) is 56.7 Å². The molecule has 5 heterocycles. The third-order valence-corrected chi connectivity index (χ3v) is 13.9. The van der Waals surface area contributed by atoms with Gasteiger partial charge in [-0.1, -0.05) is 140 Å². The van der Waals surface area contributed by atoms with Gasteiger partial charge in [-0.15, -0.1) is 0 Å². The number of furan rings is 2. The van der Waals surface area contributed by atoms with Crippen LogP contribution in [0.2, 0.25) is 0 Å². The molecule has 0 fully saturated rings. The highest BCUT2D eigenvalue weighted by molar-refractivity contribution is 6.19. The van der Waals surface area contributed by atoms with Crippen LogP contribution in [-0.2, 0) is 0 Å². The standard InChI is InChI=1S/C63H37N5O2/c1-4-15-38(16-5-1)61-64-62(39-17-6-2-7-18-39)66-63(65-61)42-19-14-22-44(31-42)68-53-25-12-10-23-45(53)48-34-52-50-33-41(28-30-58(50)70-60(52)36-55(48)68)40-27-29-54-47(32-40)49-35-51-46-24-11-13-26-57(46)69-59(51)37-56(49)67(54)43-20-8-3-9-21-43/h1-37H. The Morgan fingerprint density at radius 1 is 0.243 bits per heavy atom. The molecule has 7 heteroatoms. The van der Waals surface area contributed by atoms with E-state index in [9.17, 15) is 0 Å². The number of aromatic nitrogens is 5. The van der Waals surface area contributed by atoms with Gasteiger partial charge in [0.25, 0.3) is 0 Å². The Hall–Kier alpha value is -9.59. The summed E-state index contributed by atoms with van der Waals surface area (Å²) in [7, 11) is 0. The summed E-state index contributed by atoms with van der Waals surface area (Å²) in [5.74, 6) is 1.86. The summed E-state index contributed by atoms with van der Waals surface area (Å²) >= 11 is 0. The number of hydrogen-bond donors (Lipinski definition) is 0. The van der Waals surface area contributed by atoms with Crippen LogP contribution < -0.4 is 0 Å². The zero-order valence-corrected chi connectivity index (χ0v) is 37.4. The highest BCUT2D eigenvalue weighted by Gasteiger charge is 2.21. The smallest absolute Gasteiger partial charge is 0.164 e. The van der Waals surface area contributed by atoms with Crippen molar-refractivity contribution in [3.63, 3.8) is 0 Å². The molecule has 10 aromatic carbocycles. The molecule has 0 aliphatic rings. The first kappa shape index (κ1) is 38.5. The maximum Gasteiger partial charge on any atom is 0.164 e. The summed E-state index contributed by atoms with van der Waals surface area (Å²) in [6.45, 7) is 0. The Morgan fingerprint density at radius 3 is 1.40 bits per heavy atom. The zero-order valence-electron chi connectivity index (χ0n) is 37.4. The first-order valence-electron chi connectivity index (χ1n) is 23.5. The Balaban J connectivity index is 0.875. The van der Waals surface area contributed by atoms with Crippen LogP contribution in [0.3, 0.4) is 0 Å². The van der Waals surface area contributed by atoms with Crippen LogP contribution in [0, 0.1) is 0 Å². The number of fused-ring (bicyclic) bond motifs is 12. The van der Waals surface area contributed by atoms with Gasteiger partial charge in [0.05, 0.1) is 22.1 Å². The van der Waals surface area contributed by atoms with Crippen LogP contribution >= 0.6 is 0 Å². The van der Waals surface area contributed by atoms with Crippen LogP contribution in [0.15, 0.2) is 233 Å². The lowest BCUT2D eigenvalue weighted by Crippen LogP contribution is -2.01. The van der Waals surface area contributed by atoms with E-state index in [4.69, 9.17) is 23.8 Å². The van der Waals surface area contributed by atoms with Gasteiger partial charge in [0.2, 0.25) is 0 Å². The average molecular weight is 896 g/mol. The van der Waals surface area contributed by atoms with E-state index in [0.717, 1.165) is 116 Å². The Labute approximate surface area is 399 Å². The number of rotatable bonds is 6. The van der Waals surface area contributed by atoms with Crippen LogP contribution in [-0.4, -0.2) is 24.1 Å². The van der Waals surface area contributed by atoms with Gasteiger partial charge in [0, 0.05) is 83.3 Å². The SMILES string of the molecule is c1ccc(-c2nc(-c3ccccc3)nc(-c3cccc(-n4c5ccccc5c5cc6c(cc54)oc4ccc(-c5ccc7c(c5)c5cc8c(cc5n7-c5ccccc5)oc5ccccc58)cc46)c3)n2)cc1. The molecule has 7 nitrogen and oxygen atoms in total. The lowest BCUT2D eigenvalue weighted by Gasteiger charge is -2.11. The molecule has 0 bridgehead atoms. The van der Waals surface area contributed by atoms with E-state index >= 15 is 0 Å². The molecule has 0 radical (unpaired) electrons. The van der Waals surface area contributed by atoms with Crippen LogP contribution in [0.1, 0.15) is 0 Å². The number of hydrogen-bond acceptors (Lipinski definition) is 5. The summed E-state index contributed by atoms with van der Waals surface area (Å²) in [5, 5.41) is 9.05. The summed E-state index contributed by atoms with van der Waals surface area (Å²) in [4.78, 5) is 15.0. The number of para-hydroxylation sites is 3. The average Bonchev–Trinajstić information content (AvgIpc) is 4.17. The van der Waals surface area contributed by atoms with E-state index in [1.165, 1.54) is 10.8 Å². The van der Waals surface area contributed by atoms with Crippen molar-refractivity contribution in [1.82, 2.24) is 24.1 Å². The highest BCUT2D eigenvalue weighted by atomic mass is 16.3. The van der Waals surface area contributed by atoms with Crippen LogP contribution in [0.4, 0.5) is 0 Å². The molecule has 5 aromatic heterocycles. The van der Waals surface area contributed by atoms with Gasteiger partial charge in [-0.05, 0) is 83.9 Å². The van der Waals surface area contributed by atoms with Crippen LogP contribution in [0.5, 0.6) is 0 Å². The molecule has 0 saturated carbocycles. The second kappa shape index (κ2) is 15.0. The Morgan fingerprint density at radius 2 is 0.700 bits per heavy atom. The first-order chi connectivity index (χ1) is 34.7. The molecular formula is C63H37N5O2. The fourth-order valence-electron chi connectivity index (χ4n) is 10.7. The molecule has 0 unspecified atom stereocenters. The maximum absolute atomic E-state index is 6.74. The van der Waals surface area contributed by atoms with Crippen molar-refractivity contribution in [3.05, 3.63) is 224 Å². The highest BCUT2D eigenvalue weighted by Crippen LogP contribution is 2.43. The van der Waals surface area contributed by atoms with Gasteiger partial charge >= 0.3 is 0 Å². The summed E-state index contributed by atoms with van der Waals surface area (Å²) in [6, 6.07) is 78.6. The zero-order chi connectivity index (χ0) is 45.9. The van der Waals surface area contributed by atoms with E-state index in [2.05, 4.69) is 161 Å². The Bertz CT molecular complexity index is 4530. The molecule has 15 rings (SSSR count). The molecule has 0 aliphatic carbocycles. The summed E-state index contributed by atoms with van der Waals surface area (Å²) < 4.78 is 17.8. The quantitative estimate of drug-likeness (QED) is 0.166. The van der Waals surface area contributed by atoms with Gasteiger partial charge in [0.15, 0.2) is 17.5 Å². The fraction of sp³-hybridized carbons (Fsp3) is 0. The van der Waals surface area contributed by atoms with Gasteiger partial charge in [-0.25, -0.2) is 15.0 Å². The third kappa shape index (κ3) is 5.91. The molecule has 0 aliphatic heterocycles. The third-order valence-electron chi connectivity index (χ3n) is 13.9. The maximum atomic E-state index is 6.74. The number of benzene rings is 10. The number of nitrogens with zero attached hydrogens (tertiary/aromatic N) is 5. The minimum Gasteiger partial charge on any atom is -0.456 e. The summed E-state index contributed by atoms with van der Waals surface area (Å²) in [6.07, 6.45) is 0. The lowest BCUT2D eigenvalue weighted by atomic mass is 10.00. The first-order valence-corrected chi connectivity index (χ1v) is 23.5. The normalized spacial score (nSPS) is 12.0. The molecule has 0 spiro atoms. The van der Waals surface area contributed by atoms with Gasteiger partial charge in [-0.3, -0.25) is 0 Å². The van der Waals surface area contributed by atoms with Gasteiger partial charge in [0.1, 0.15) is 22.3 Å². The van der Waals surface area contributed by atoms with Crippen molar-refractivity contribution in [2.45, 2.75) is 0 Å². The predicted molar refractivity (Wildman–Crippen MR) is 285 cm³/mol. The van der Waals surface area contributed by atoms with Crippen molar-refractivity contribution in [2.75, 3.05) is 0 Å². The van der Waals surface area contributed by atoms with Gasteiger partial charge in [-0.2, -0.15) is 0 Å². The minimum absolute atomic E-state index is 0.607. The van der Waals surface area contributed by atoms with Crippen LogP contribution in [0.25, 0.3) is 144 Å². The van der Waals surface area contributed by atoms with E-state index in [0.29, 0.717) is 17.5 Å². The molecular weight excluding hydrogens is 859 g/mol. The van der Waals surface area contributed by atoms with Gasteiger partial charge < -0.3 is 18.0 Å². The molecule has 0 saturated heterocycles. The molecule has 70 heavy (non-hydrogen) atoms. The molecule has 15 aromatic rings. The second-order valence-electron chi connectivity index (χ2n) is 18.0. The largest absolute Gasteiger partial charge is 0.456 e. The van der Waals surface area contributed by atoms with Crippen molar-refractivity contribution >= 4 is 87.5 Å². The fourth-order valence-corrected chi connectivity index (χ4v) is 10.7. The molecule has 0 N–H and O–H groups in total. The minimum atomic E-state index is 0.607. The molecule has 0 atom stereocenters. The Kier molecular flexibility index (Phi) is 8.23. The van der Waals surface area contributed by atoms with Crippen molar-refractivity contribution in [2.24, 2.45) is 0 Å². The predicted octanol–water partition coefficient (Wildman–Crippen LogP) is 16.5. The molecule has 326 valence electrons. The monoisotopic (exact) mass is 895 g/mol.